The van der Waals surface area contributed by atoms with Crippen molar-refractivity contribution < 1.29 is 14.3 Å². The Morgan fingerprint density at radius 1 is 1.03 bits per heavy atom. The molecule has 1 amide bonds. The molecule has 5 nitrogen and oxygen atoms in total. The smallest absolute Gasteiger partial charge is 0.259 e. The topological polar surface area (TPSA) is 59.9 Å². The summed E-state index contributed by atoms with van der Waals surface area (Å²) in [5.41, 5.74) is 4.36. The molecule has 1 aliphatic carbocycles. The SMILES string of the molecule is COc1cc(Br)cc(C=Nc2sc3c(c2C(=O)Nc2ccccc2)CCCC3)c1OCc1ccc(Br)cc1. The summed E-state index contributed by atoms with van der Waals surface area (Å²) in [6.45, 7) is 0.379. The van der Waals surface area contributed by atoms with Gasteiger partial charge in [-0.3, -0.25) is 4.79 Å². The molecule has 4 aromatic rings. The number of aliphatic imine (C=N–C) groups is 1. The van der Waals surface area contributed by atoms with Crippen LogP contribution >= 0.6 is 43.2 Å². The molecule has 0 radical (unpaired) electrons. The van der Waals surface area contributed by atoms with Crippen molar-refractivity contribution in [3.63, 3.8) is 0 Å². The van der Waals surface area contributed by atoms with Crippen LogP contribution in [-0.4, -0.2) is 19.2 Å². The van der Waals surface area contributed by atoms with E-state index in [4.69, 9.17) is 14.5 Å². The molecule has 0 unspecified atom stereocenters. The van der Waals surface area contributed by atoms with Crippen LogP contribution in [0.4, 0.5) is 10.7 Å². The molecule has 8 heteroatoms. The maximum atomic E-state index is 13.5. The molecule has 5 rings (SSSR count). The molecule has 0 aliphatic heterocycles. The fourth-order valence-electron chi connectivity index (χ4n) is 4.45. The fourth-order valence-corrected chi connectivity index (χ4v) is 6.40. The number of halogens is 2. The zero-order chi connectivity index (χ0) is 26.5. The number of thiophene rings is 1. The van der Waals surface area contributed by atoms with E-state index in [1.54, 1.807) is 24.7 Å². The Hall–Kier alpha value is -2.94. The van der Waals surface area contributed by atoms with E-state index in [0.29, 0.717) is 28.7 Å². The molecule has 0 fully saturated rings. The van der Waals surface area contributed by atoms with Crippen molar-refractivity contribution in [1.82, 2.24) is 0 Å². The van der Waals surface area contributed by atoms with E-state index in [1.165, 1.54) is 4.88 Å². The van der Waals surface area contributed by atoms with E-state index in [0.717, 1.165) is 57.0 Å². The highest BCUT2D eigenvalue weighted by Gasteiger charge is 2.25. The van der Waals surface area contributed by atoms with Crippen molar-refractivity contribution in [3.05, 3.63) is 103 Å². The second kappa shape index (κ2) is 12.3. The zero-order valence-corrected chi connectivity index (χ0v) is 24.8. The molecule has 1 aromatic heterocycles. The van der Waals surface area contributed by atoms with Crippen LogP contribution in [-0.2, 0) is 19.4 Å². The lowest BCUT2D eigenvalue weighted by Crippen LogP contribution is -2.14. The number of ether oxygens (including phenoxy) is 2. The maximum absolute atomic E-state index is 13.5. The van der Waals surface area contributed by atoms with Gasteiger partial charge >= 0.3 is 0 Å². The fraction of sp³-hybridized carbons (Fsp3) is 0.200. The van der Waals surface area contributed by atoms with Crippen molar-refractivity contribution in [2.45, 2.75) is 32.3 Å². The Balaban J connectivity index is 1.48. The molecule has 0 bridgehead atoms. The van der Waals surface area contributed by atoms with Gasteiger partial charge in [0.25, 0.3) is 5.91 Å². The third-order valence-electron chi connectivity index (χ3n) is 6.30. The summed E-state index contributed by atoms with van der Waals surface area (Å²) in [5.74, 6) is 1.07. The van der Waals surface area contributed by atoms with Crippen LogP contribution in [0.25, 0.3) is 0 Å². The lowest BCUT2D eigenvalue weighted by Gasteiger charge is -2.14. The normalized spacial score (nSPS) is 12.8. The Kier molecular flexibility index (Phi) is 8.61. The predicted octanol–water partition coefficient (Wildman–Crippen LogP) is 8.74. The molecule has 1 aliphatic rings. The quantitative estimate of drug-likeness (QED) is 0.194. The number of carbonyl (C=O) groups excluding carboxylic acids is 1. The molecule has 0 saturated carbocycles. The van der Waals surface area contributed by atoms with E-state index in [9.17, 15) is 4.79 Å². The van der Waals surface area contributed by atoms with E-state index >= 15 is 0 Å². The lowest BCUT2D eigenvalue weighted by molar-refractivity contribution is 0.102. The minimum absolute atomic E-state index is 0.124. The van der Waals surface area contributed by atoms with E-state index < -0.39 is 0 Å². The third-order valence-corrected chi connectivity index (χ3v) is 8.48. The van der Waals surface area contributed by atoms with E-state index in [1.807, 2.05) is 66.7 Å². The Morgan fingerprint density at radius 2 is 1.79 bits per heavy atom. The molecule has 1 heterocycles. The minimum Gasteiger partial charge on any atom is -0.493 e. The molecule has 194 valence electrons. The Labute approximate surface area is 243 Å². The number of anilines is 1. The van der Waals surface area contributed by atoms with Gasteiger partial charge in [-0.1, -0.05) is 62.2 Å². The number of hydrogen-bond acceptors (Lipinski definition) is 5. The minimum atomic E-state index is -0.124. The van der Waals surface area contributed by atoms with Gasteiger partial charge in [0.05, 0.1) is 12.7 Å². The summed E-state index contributed by atoms with van der Waals surface area (Å²) in [6, 6.07) is 21.3. The van der Waals surface area contributed by atoms with Gasteiger partial charge in [0.1, 0.15) is 11.6 Å². The summed E-state index contributed by atoms with van der Waals surface area (Å²) in [5, 5.41) is 3.76. The Morgan fingerprint density at radius 3 is 2.55 bits per heavy atom. The summed E-state index contributed by atoms with van der Waals surface area (Å²) in [4.78, 5) is 19.6. The number of amides is 1. The molecular formula is C30H26Br2N2O3S. The average Bonchev–Trinajstić information content (AvgIpc) is 3.31. The number of carbonyl (C=O) groups is 1. The first kappa shape index (κ1) is 26.7. The predicted molar refractivity (Wildman–Crippen MR) is 162 cm³/mol. The van der Waals surface area contributed by atoms with Gasteiger partial charge in [0.2, 0.25) is 0 Å². The highest BCUT2D eigenvalue weighted by Crippen LogP contribution is 2.41. The number of rotatable bonds is 8. The zero-order valence-electron chi connectivity index (χ0n) is 20.8. The van der Waals surface area contributed by atoms with Crippen molar-refractivity contribution in [1.29, 1.82) is 0 Å². The first-order valence-electron chi connectivity index (χ1n) is 12.3. The number of aryl methyl sites for hydroxylation is 1. The monoisotopic (exact) mass is 652 g/mol. The largest absolute Gasteiger partial charge is 0.493 e. The van der Waals surface area contributed by atoms with Crippen molar-refractivity contribution in [3.8, 4) is 11.5 Å². The molecule has 0 saturated heterocycles. The second-order valence-corrected chi connectivity index (χ2v) is 11.8. The van der Waals surface area contributed by atoms with Crippen LogP contribution in [0.1, 0.15) is 44.8 Å². The van der Waals surface area contributed by atoms with Gasteiger partial charge in [0.15, 0.2) is 11.5 Å². The molecule has 38 heavy (non-hydrogen) atoms. The van der Waals surface area contributed by atoms with Crippen molar-refractivity contribution >= 4 is 66.0 Å². The van der Waals surface area contributed by atoms with Gasteiger partial charge < -0.3 is 14.8 Å². The number of nitrogens with one attached hydrogen (secondary N) is 1. The van der Waals surface area contributed by atoms with Crippen LogP contribution in [0.15, 0.2) is 80.7 Å². The standard InChI is InChI=1S/C30H26Br2N2O3S/c1-36-25-16-22(32)15-20(28(25)37-18-19-11-13-21(31)14-12-19)17-33-30-27(24-9-5-6-10-26(24)38-30)29(35)34-23-7-3-2-4-8-23/h2-4,7-8,11-17H,5-6,9-10,18H2,1H3,(H,34,35). The van der Waals surface area contributed by atoms with E-state index in [-0.39, 0.29) is 5.91 Å². The van der Waals surface area contributed by atoms with E-state index in [2.05, 4.69) is 37.2 Å². The molecule has 1 N–H and O–H groups in total. The van der Waals surface area contributed by atoms with Gasteiger partial charge in [-0.25, -0.2) is 4.99 Å². The van der Waals surface area contributed by atoms with Crippen LogP contribution in [0.2, 0.25) is 0 Å². The average molecular weight is 654 g/mol. The van der Waals surface area contributed by atoms with Crippen LogP contribution in [0.5, 0.6) is 11.5 Å². The number of fused-ring (bicyclic) bond motifs is 1. The highest BCUT2D eigenvalue weighted by atomic mass is 79.9. The van der Waals surface area contributed by atoms with Crippen molar-refractivity contribution in [2.24, 2.45) is 4.99 Å². The first-order chi connectivity index (χ1) is 18.5. The molecule has 0 spiro atoms. The highest BCUT2D eigenvalue weighted by molar-refractivity contribution is 9.10. The summed E-state index contributed by atoms with van der Waals surface area (Å²) < 4.78 is 13.7. The van der Waals surface area contributed by atoms with Crippen LogP contribution in [0.3, 0.4) is 0 Å². The summed E-state index contributed by atoms with van der Waals surface area (Å²) in [6.07, 6.45) is 5.85. The Bertz CT molecular complexity index is 1470. The maximum Gasteiger partial charge on any atom is 0.259 e. The summed E-state index contributed by atoms with van der Waals surface area (Å²) >= 11 is 8.65. The lowest BCUT2D eigenvalue weighted by atomic mass is 9.95. The number of methoxy groups -OCH3 is 1. The molecule has 3 aromatic carbocycles. The first-order valence-corrected chi connectivity index (χ1v) is 14.7. The summed E-state index contributed by atoms with van der Waals surface area (Å²) in [7, 11) is 1.62. The number of para-hydroxylation sites is 1. The van der Waals surface area contributed by atoms with Gasteiger partial charge in [-0.2, -0.15) is 0 Å². The molecule has 0 atom stereocenters. The van der Waals surface area contributed by atoms with Gasteiger partial charge in [0, 0.05) is 31.3 Å². The number of benzene rings is 3. The number of hydrogen-bond donors (Lipinski definition) is 1. The van der Waals surface area contributed by atoms with Crippen molar-refractivity contribution in [2.75, 3.05) is 12.4 Å². The second-order valence-electron chi connectivity index (χ2n) is 8.91. The van der Waals surface area contributed by atoms with Gasteiger partial charge in [-0.05, 0) is 73.2 Å². The van der Waals surface area contributed by atoms with Crippen LogP contribution < -0.4 is 14.8 Å². The van der Waals surface area contributed by atoms with Crippen LogP contribution in [0, 0.1) is 0 Å². The third kappa shape index (κ3) is 6.20. The van der Waals surface area contributed by atoms with Gasteiger partial charge in [-0.15, -0.1) is 11.3 Å². The number of nitrogens with zero attached hydrogens (tertiary/aromatic N) is 1. The molecular weight excluding hydrogens is 628 g/mol.